The predicted octanol–water partition coefficient (Wildman–Crippen LogP) is 4.03. The number of quaternary nitrogens is 1. The number of nitrogens with zero attached hydrogens (tertiary/aromatic N) is 1. The van der Waals surface area contributed by atoms with Gasteiger partial charge in [0, 0.05) is 5.56 Å². The summed E-state index contributed by atoms with van der Waals surface area (Å²) in [6.45, 7) is 2.26. The van der Waals surface area contributed by atoms with Crippen LogP contribution in [0.15, 0.2) is 63.8 Å². The minimum absolute atomic E-state index is 0.0126. The number of rotatable bonds is 9. The molecule has 2 fully saturated rings. The van der Waals surface area contributed by atoms with Crippen LogP contribution in [0.2, 0.25) is 0 Å². The van der Waals surface area contributed by atoms with Crippen molar-refractivity contribution < 1.29 is 28.2 Å². The summed E-state index contributed by atoms with van der Waals surface area (Å²) < 4.78 is 22.9. The van der Waals surface area contributed by atoms with Crippen molar-refractivity contribution in [2.24, 2.45) is 5.92 Å². The van der Waals surface area contributed by atoms with E-state index in [0.717, 1.165) is 24.0 Å². The monoisotopic (exact) mass is 492 g/mol. The SMILES string of the molecule is O=C(CCC(=O)OC[N+]1(c2cc(=O)c3cccc(-c4ccccc4)c3o2)CCOCC1)OCC1CC1. The van der Waals surface area contributed by atoms with Crippen LogP contribution in [0.3, 0.4) is 0 Å². The second-order valence-electron chi connectivity index (χ2n) is 9.47. The first-order valence-electron chi connectivity index (χ1n) is 12.4. The molecule has 188 valence electrons. The lowest BCUT2D eigenvalue weighted by molar-refractivity contribution is -0.154. The van der Waals surface area contributed by atoms with Gasteiger partial charge in [0.2, 0.25) is 6.73 Å². The molecule has 2 aliphatic rings. The molecule has 0 atom stereocenters. The molecule has 0 amide bonds. The molecule has 0 bridgehead atoms. The highest BCUT2D eigenvalue weighted by Crippen LogP contribution is 2.33. The van der Waals surface area contributed by atoms with Gasteiger partial charge in [0.05, 0.1) is 44.1 Å². The number of morpholine rings is 1. The Morgan fingerprint density at radius 1 is 0.917 bits per heavy atom. The summed E-state index contributed by atoms with van der Waals surface area (Å²) in [5.41, 5.74) is 2.11. The van der Waals surface area contributed by atoms with Crippen molar-refractivity contribution in [2.75, 3.05) is 39.6 Å². The minimum atomic E-state index is -0.490. The van der Waals surface area contributed by atoms with Gasteiger partial charge < -0.3 is 18.6 Å². The highest BCUT2D eigenvalue weighted by Gasteiger charge is 2.38. The first-order chi connectivity index (χ1) is 17.5. The molecule has 2 heterocycles. The van der Waals surface area contributed by atoms with Crippen LogP contribution in [0.4, 0.5) is 5.88 Å². The smallest absolute Gasteiger partial charge is 0.310 e. The van der Waals surface area contributed by atoms with Crippen molar-refractivity contribution in [1.29, 1.82) is 0 Å². The van der Waals surface area contributed by atoms with Gasteiger partial charge >= 0.3 is 17.8 Å². The number of carbonyl (C=O) groups excluding carboxylic acids is 2. The standard InChI is InChI=1S/C28H30NO7/c30-24-17-25(36-28-22(7-4-8-23(24)28)21-5-2-1-3-6-21)29(13-15-33-16-14-29)19-35-27(32)12-11-26(31)34-18-20-9-10-20/h1-8,17,20H,9-16,18-19H2/q+1. The molecule has 1 aliphatic carbocycles. The predicted molar refractivity (Wildman–Crippen MR) is 134 cm³/mol. The Labute approximate surface area is 209 Å². The van der Waals surface area contributed by atoms with Gasteiger partial charge in [-0.05, 0) is 30.4 Å². The zero-order chi connectivity index (χ0) is 25.0. The molecule has 1 saturated carbocycles. The van der Waals surface area contributed by atoms with Crippen LogP contribution >= 0.6 is 0 Å². The summed E-state index contributed by atoms with van der Waals surface area (Å²) in [5, 5.41) is 0.494. The number of carbonyl (C=O) groups is 2. The van der Waals surface area contributed by atoms with Crippen molar-refractivity contribution in [2.45, 2.75) is 25.7 Å². The fourth-order valence-corrected chi connectivity index (χ4v) is 4.39. The summed E-state index contributed by atoms with van der Waals surface area (Å²) >= 11 is 0. The van der Waals surface area contributed by atoms with Crippen molar-refractivity contribution in [3.63, 3.8) is 0 Å². The quantitative estimate of drug-likeness (QED) is 0.329. The third kappa shape index (κ3) is 5.50. The van der Waals surface area contributed by atoms with Crippen LogP contribution in [-0.2, 0) is 23.8 Å². The number of ether oxygens (including phenoxy) is 3. The molecule has 1 aliphatic heterocycles. The minimum Gasteiger partial charge on any atom is -0.465 e. The van der Waals surface area contributed by atoms with E-state index in [0.29, 0.717) is 55.7 Å². The highest BCUT2D eigenvalue weighted by atomic mass is 16.6. The summed E-state index contributed by atoms with van der Waals surface area (Å²) in [7, 11) is 0. The Morgan fingerprint density at radius 3 is 2.36 bits per heavy atom. The lowest BCUT2D eigenvalue weighted by Gasteiger charge is -2.37. The van der Waals surface area contributed by atoms with Gasteiger partial charge in [-0.2, -0.15) is 0 Å². The summed E-state index contributed by atoms with van der Waals surface area (Å²) in [6.07, 6.45) is 2.12. The van der Waals surface area contributed by atoms with E-state index >= 15 is 0 Å². The molecule has 8 nitrogen and oxygen atoms in total. The van der Waals surface area contributed by atoms with Crippen LogP contribution in [-0.4, -0.2) is 51.6 Å². The lowest BCUT2D eigenvalue weighted by atomic mass is 10.0. The van der Waals surface area contributed by atoms with E-state index in [-0.39, 0.29) is 35.5 Å². The maximum absolute atomic E-state index is 13.1. The van der Waals surface area contributed by atoms with Gasteiger partial charge in [-0.15, -0.1) is 0 Å². The normalized spacial score (nSPS) is 17.0. The lowest BCUT2D eigenvalue weighted by Crippen LogP contribution is -2.58. The van der Waals surface area contributed by atoms with Crippen LogP contribution in [0, 0.1) is 5.92 Å². The maximum atomic E-state index is 13.1. The summed E-state index contributed by atoms with van der Waals surface area (Å²) in [5.74, 6) is 0.0278. The number of benzene rings is 2. The Balaban J connectivity index is 1.37. The Morgan fingerprint density at radius 2 is 1.64 bits per heavy atom. The fraction of sp³-hybridized carbons (Fsp3) is 0.393. The Hall–Kier alpha value is -3.49. The van der Waals surface area contributed by atoms with Crippen LogP contribution < -0.4 is 9.91 Å². The number of esters is 2. The molecular formula is C28H30NO7+. The molecule has 1 saturated heterocycles. The maximum Gasteiger partial charge on any atom is 0.310 e. The van der Waals surface area contributed by atoms with Gasteiger partial charge in [-0.1, -0.05) is 42.5 Å². The van der Waals surface area contributed by atoms with E-state index in [1.54, 1.807) is 6.07 Å². The molecule has 0 spiro atoms. The van der Waals surface area contributed by atoms with Gasteiger partial charge in [-0.25, -0.2) is 4.48 Å². The van der Waals surface area contributed by atoms with Crippen LogP contribution in [0.25, 0.3) is 22.1 Å². The average Bonchev–Trinajstić information content (AvgIpc) is 3.75. The molecule has 0 radical (unpaired) electrons. The molecule has 2 aromatic carbocycles. The number of hydrogen-bond donors (Lipinski definition) is 0. The zero-order valence-electron chi connectivity index (χ0n) is 20.1. The second kappa shape index (κ2) is 10.6. The van der Waals surface area contributed by atoms with Crippen molar-refractivity contribution in [1.82, 2.24) is 4.48 Å². The van der Waals surface area contributed by atoms with Gasteiger partial charge in [0.25, 0.3) is 0 Å². The van der Waals surface area contributed by atoms with E-state index in [1.807, 2.05) is 42.5 Å². The van der Waals surface area contributed by atoms with E-state index in [9.17, 15) is 14.4 Å². The molecule has 0 unspecified atom stereocenters. The first kappa shape index (κ1) is 24.2. The van der Waals surface area contributed by atoms with Crippen molar-refractivity contribution in [3.05, 3.63) is 64.8 Å². The van der Waals surface area contributed by atoms with Crippen LogP contribution in [0.1, 0.15) is 25.7 Å². The zero-order valence-corrected chi connectivity index (χ0v) is 20.1. The van der Waals surface area contributed by atoms with Crippen LogP contribution in [0.5, 0.6) is 0 Å². The third-order valence-corrected chi connectivity index (χ3v) is 6.80. The molecule has 5 rings (SSSR count). The van der Waals surface area contributed by atoms with E-state index in [4.69, 9.17) is 18.6 Å². The summed E-state index contributed by atoms with van der Waals surface area (Å²) in [4.78, 5) is 37.5. The Kier molecular flexibility index (Phi) is 7.16. The number of fused-ring (bicyclic) bond motifs is 1. The molecule has 36 heavy (non-hydrogen) atoms. The van der Waals surface area contributed by atoms with E-state index < -0.39 is 5.97 Å². The fourth-order valence-electron chi connectivity index (χ4n) is 4.39. The number of hydrogen-bond acceptors (Lipinski definition) is 7. The van der Waals surface area contributed by atoms with E-state index in [2.05, 4.69) is 0 Å². The van der Waals surface area contributed by atoms with Gasteiger partial charge in [0.15, 0.2) is 11.0 Å². The third-order valence-electron chi connectivity index (χ3n) is 6.80. The highest BCUT2D eigenvalue weighted by molar-refractivity contribution is 5.92. The topological polar surface area (TPSA) is 92.0 Å². The van der Waals surface area contributed by atoms with Crippen molar-refractivity contribution in [3.8, 4) is 11.1 Å². The molecule has 3 aromatic rings. The first-order valence-corrected chi connectivity index (χ1v) is 12.4. The molecule has 0 N–H and O–H groups in total. The molecular weight excluding hydrogens is 462 g/mol. The van der Waals surface area contributed by atoms with Crippen molar-refractivity contribution >= 4 is 28.8 Å². The second-order valence-corrected chi connectivity index (χ2v) is 9.47. The van der Waals surface area contributed by atoms with Gasteiger partial charge in [0.1, 0.15) is 13.1 Å². The largest absolute Gasteiger partial charge is 0.465 e. The molecule has 1 aromatic heterocycles. The van der Waals surface area contributed by atoms with Gasteiger partial charge in [-0.3, -0.25) is 14.4 Å². The number of para-hydroxylation sites is 1. The van der Waals surface area contributed by atoms with E-state index in [1.165, 1.54) is 6.07 Å². The average molecular weight is 493 g/mol. The summed E-state index contributed by atoms with van der Waals surface area (Å²) in [6, 6.07) is 16.8. The molecule has 8 heteroatoms. The Bertz CT molecular complexity index is 1290.